The van der Waals surface area contributed by atoms with Crippen molar-refractivity contribution in [2.24, 2.45) is 0 Å². The molecule has 1 aliphatic heterocycles. The predicted octanol–water partition coefficient (Wildman–Crippen LogP) is 0.666. The van der Waals surface area contributed by atoms with Crippen molar-refractivity contribution in [3.63, 3.8) is 0 Å². The van der Waals surface area contributed by atoms with Crippen LogP contribution in [0.5, 0.6) is 0 Å². The first kappa shape index (κ1) is 9.12. The number of rotatable bonds is 2. The molecule has 1 heterocycles. The summed E-state index contributed by atoms with van der Waals surface area (Å²) in [5.41, 5.74) is 0. The lowest BCUT2D eigenvalue weighted by molar-refractivity contribution is -0.118. The number of imide groups is 1. The second-order valence-corrected chi connectivity index (χ2v) is 3.05. The summed E-state index contributed by atoms with van der Waals surface area (Å²) in [5.74, 6) is -0.279. The average molecular weight is 186 g/mol. The molecule has 0 radical (unpaired) electrons. The van der Waals surface area contributed by atoms with Gasteiger partial charge in [0.15, 0.2) is 0 Å². The minimum Gasteiger partial charge on any atom is -0.279 e. The van der Waals surface area contributed by atoms with Crippen LogP contribution < -0.4 is 5.32 Å². The summed E-state index contributed by atoms with van der Waals surface area (Å²) in [5, 5.41) is 2.17. The van der Waals surface area contributed by atoms with E-state index in [1.165, 1.54) is 4.90 Å². The molecular weight excluding hydrogens is 176 g/mol. The smallest absolute Gasteiger partial charge is 0.279 e. The summed E-state index contributed by atoms with van der Waals surface area (Å²) in [6.07, 6.45) is 1.56. The summed E-state index contributed by atoms with van der Waals surface area (Å²) in [6.45, 7) is 2.06. The first-order chi connectivity index (χ1) is 5.65. The van der Waals surface area contributed by atoms with Crippen LogP contribution in [0, 0.1) is 0 Å². The lowest BCUT2D eigenvalue weighted by Crippen LogP contribution is -2.32. The van der Waals surface area contributed by atoms with Crippen molar-refractivity contribution in [1.82, 2.24) is 10.2 Å². The van der Waals surface area contributed by atoms with Crippen LogP contribution in [0.1, 0.15) is 19.8 Å². The second-order valence-electron chi connectivity index (χ2n) is 2.58. The molecule has 0 aliphatic carbocycles. The Hall–Kier alpha value is -0.970. The molecule has 1 rings (SSSR count). The van der Waals surface area contributed by atoms with Crippen molar-refractivity contribution < 1.29 is 9.59 Å². The van der Waals surface area contributed by atoms with Gasteiger partial charge in [0.2, 0.25) is 5.91 Å². The third-order valence-corrected chi connectivity index (χ3v) is 1.98. The summed E-state index contributed by atoms with van der Waals surface area (Å²) in [4.78, 5) is 23.6. The highest BCUT2D eigenvalue weighted by molar-refractivity contribution is 7.80. The zero-order valence-electron chi connectivity index (χ0n) is 6.79. The van der Waals surface area contributed by atoms with Gasteiger partial charge in [0.05, 0.1) is 4.99 Å². The zero-order chi connectivity index (χ0) is 9.14. The van der Waals surface area contributed by atoms with Crippen molar-refractivity contribution in [2.75, 3.05) is 6.54 Å². The minimum atomic E-state index is -0.390. The molecule has 0 aromatic heterocycles. The number of hydrogen-bond donors (Lipinski definition) is 1. The van der Waals surface area contributed by atoms with Crippen LogP contribution in [-0.2, 0) is 4.79 Å². The Labute approximate surface area is 75.9 Å². The molecule has 0 unspecified atom stereocenters. The molecule has 1 fully saturated rings. The Morgan fingerprint density at radius 3 is 2.75 bits per heavy atom. The number of urea groups is 1. The molecule has 1 aliphatic rings. The van der Waals surface area contributed by atoms with E-state index >= 15 is 0 Å². The van der Waals surface area contributed by atoms with Gasteiger partial charge in [0.1, 0.15) is 6.54 Å². The lowest BCUT2D eigenvalue weighted by Gasteiger charge is -2.12. The molecule has 5 heteroatoms. The molecule has 0 spiro atoms. The molecule has 1 N–H and O–H groups in total. The van der Waals surface area contributed by atoms with E-state index in [1.807, 2.05) is 6.92 Å². The normalized spacial score (nSPS) is 16.6. The number of hydrogen-bond acceptors (Lipinski definition) is 3. The van der Waals surface area contributed by atoms with Crippen LogP contribution in [-0.4, -0.2) is 28.4 Å². The summed E-state index contributed by atoms with van der Waals surface area (Å²) in [7, 11) is 0. The van der Waals surface area contributed by atoms with Gasteiger partial charge in [-0.3, -0.25) is 15.0 Å². The molecular formula is C7H10N2O2S. The van der Waals surface area contributed by atoms with Gasteiger partial charge in [0, 0.05) is 0 Å². The quantitative estimate of drug-likeness (QED) is 0.509. The minimum absolute atomic E-state index is 0.0810. The maximum Gasteiger partial charge on any atom is 0.329 e. The van der Waals surface area contributed by atoms with Crippen molar-refractivity contribution in [3.05, 3.63) is 0 Å². The maximum atomic E-state index is 11.0. The van der Waals surface area contributed by atoms with Gasteiger partial charge in [-0.2, -0.15) is 0 Å². The first-order valence-corrected chi connectivity index (χ1v) is 4.20. The summed E-state index contributed by atoms with van der Waals surface area (Å²) < 4.78 is 0. The van der Waals surface area contributed by atoms with Crippen LogP contribution in [0.15, 0.2) is 0 Å². The maximum absolute atomic E-state index is 11.0. The highest BCUT2D eigenvalue weighted by Crippen LogP contribution is 2.04. The Balaban J connectivity index is 2.58. The second kappa shape index (κ2) is 3.62. The number of carbonyl (C=O) groups is 2. The monoisotopic (exact) mass is 186 g/mol. The van der Waals surface area contributed by atoms with Gasteiger partial charge in [-0.25, -0.2) is 4.79 Å². The number of thiocarbonyl (C=S) groups is 1. The van der Waals surface area contributed by atoms with Gasteiger partial charge in [-0.05, 0) is 12.8 Å². The highest BCUT2D eigenvalue weighted by Gasteiger charge is 2.28. The Bertz CT molecular complexity index is 240. The third kappa shape index (κ3) is 1.79. The summed E-state index contributed by atoms with van der Waals surface area (Å²) >= 11 is 4.96. The molecule has 4 nitrogen and oxygen atoms in total. The Morgan fingerprint density at radius 1 is 1.67 bits per heavy atom. The number of amides is 3. The van der Waals surface area contributed by atoms with Gasteiger partial charge < -0.3 is 0 Å². The highest BCUT2D eigenvalue weighted by atomic mass is 32.1. The van der Waals surface area contributed by atoms with Crippen LogP contribution in [0.4, 0.5) is 4.79 Å². The standard InChI is InChI=1S/C7H10N2O2S/c1-2-3-6(12)9-4-5(10)8-7(9)11/h2-4H2,1H3,(H,8,10,11). The van der Waals surface area contributed by atoms with E-state index in [0.717, 1.165) is 6.42 Å². The topological polar surface area (TPSA) is 49.4 Å². The number of nitrogens with zero attached hydrogens (tertiary/aromatic N) is 1. The van der Waals surface area contributed by atoms with E-state index in [1.54, 1.807) is 0 Å². The first-order valence-electron chi connectivity index (χ1n) is 3.79. The number of nitrogens with one attached hydrogen (secondary N) is 1. The van der Waals surface area contributed by atoms with E-state index in [2.05, 4.69) is 5.32 Å². The van der Waals surface area contributed by atoms with E-state index in [4.69, 9.17) is 12.2 Å². The fraction of sp³-hybridized carbons (Fsp3) is 0.571. The average Bonchev–Trinajstić information content (AvgIpc) is 2.30. The molecule has 0 saturated carbocycles. The van der Waals surface area contributed by atoms with Crippen molar-refractivity contribution in [2.45, 2.75) is 19.8 Å². The van der Waals surface area contributed by atoms with Crippen LogP contribution in [0.25, 0.3) is 0 Å². The summed E-state index contributed by atoms with van der Waals surface area (Å²) in [6, 6.07) is -0.390. The van der Waals surface area contributed by atoms with Gasteiger partial charge in [-0.1, -0.05) is 19.1 Å². The van der Waals surface area contributed by atoms with Crippen LogP contribution >= 0.6 is 12.2 Å². The van der Waals surface area contributed by atoms with E-state index in [9.17, 15) is 9.59 Å². The SMILES string of the molecule is CCCC(=S)N1CC(=O)NC1=O. The molecule has 0 aromatic rings. The molecule has 12 heavy (non-hydrogen) atoms. The van der Waals surface area contributed by atoms with Crippen LogP contribution in [0.3, 0.4) is 0 Å². The Kier molecular flexibility index (Phi) is 2.75. The molecule has 1 saturated heterocycles. The Morgan fingerprint density at radius 2 is 2.33 bits per heavy atom. The van der Waals surface area contributed by atoms with Gasteiger partial charge >= 0.3 is 6.03 Å². The zero-order valence-corrected chi connectivity index (χ0v) is 7.61. The predicted molar refractivity (Wildman–Crippen MR) is 47.8 cm³/mol. The largest absolute Gasteiger partial charge is 0.329 e. The van der Waals surface area contributed by atoms with E-state index < -0.39 is 6.03 Å². The van der Waals surface area contributed by atoms with Crippen molar-refractivity contribution >= 4 is 29.1 Å². The molecule has 66 valence electrons. The van der Waals surface area contributed by atoms with Crippen molar-refractivity contribution in [1.29, 1.82) is 0 Å². The third-order valence-electron chi connectivity index (χ3n) is 1.56. The molecule has 3 amide bonds. The number of carbonyl (C=O) groups excluding carboxylic acids is 2. The van der Waals surface area contributed by atoms with Crippen molar-refractivity contribution in [3.8, 4) is 0 Å². The van der Waals surface area contributed by atoms with E-state index in [-0.39, 0.29) is 12.5 Å². The fourth-order valence-electron chi connectivity index (χ4n) is 0.992. The van der Waals surface area contributed by atoms with Gasteiger partial charge in [0.25, 0.3) is 0 Å². The molecule has 0 aromatic carbocycles. The van der Waals surface area contributed by atoms with Crippen LogP contribution in [0.2, 0.25) is 0 Å². The van der Waals surface area contributed by atoms with Gasteiger partial charge in [-0.15, -0.1) is 0 Å². The van der Waals surface area contributed by atoms with E-state index in [0.29, 0.717) is 11.4 Å². The lowest BCUT2D eigenvalue weighted by atomic mass is 10.3. The fourth-order valence-corrected chi connectivity index (χ4v) is 1.34. The molecule has 0 atom stereocenters. The molecule has 0 bridgehead atoms.